The molecule has 1 amide bonds. The van der Waals surface area contributed by atoms with E-state index in [0.717, 1.165) is 24.2 Å². The molecule has 0 aliphatic rings. The molecule has 0 saturated carbocycles. The summed E-state index contributed by atoms with van der Waals surface area (Å²) in [6.07, 6.45) is 1.96. The number of sulfonamides is 1. The lowest BCUT2D eigenvalue weighted by molar-refractivity contribution is 0.0953. The van der Waals surface area contributed by atoms with Crippen molar-refractivity contribution in [3.8, 4) is 0 Å². The lowest BCUT2D eigenvalue weighted by atomic mass is 10.1. The van der Waals surface area contributed by atoms with Gasteiger partial charge in [-0.25, -0.2) is 13.6 Å². The van der Waals surface area contributed by atoms with E-state index in [2.05, 4.69) is 19.2 Å². The molecule has 1 heterocycles. The second kappa shape index (κ2) is 6.31. The van der Waals surface area contributed by atoms with Gasteiger partial charge in [0.15, 0.2) is 0 Å². The number of carbonyl (C=O) groups is 1. The SMILES string of the molecule is CC(C)CCCNC(=O)c1csc(S(N)(=O)=O)c1. The number of nitrogens with two attached hydrogens (primary N) is 1. The molecule has 5 nitrogen and oxygen atoms in total. The Morgan fingerprint density at radius 1 is 1.50 bits per heavy atom. The molecule has 7 heteroatoms. The summed E-state index contributed by atoms with van der Waals surface area (Å²) in [5, 5.41) is 9.22. The first kappa shape index (κ1) is 15.1. The number of hydrogen-bond donors (Lipinski definition) is 2. The highest BCUT2D eigenvalue weighted by Crippen LogP contribution is 2.18. The Morgan fingerprint density at radius 2 is 2.17 bits per heavy atom. The van der Waals surface area contributed by atoms with Crippen LogP contribution in [0.3, 0.4) is 0 Å². The van der Waals surface area contributed by atoms with Gasteiger partial charge in [-0.1, -0.05) is 13.8 Å². The number of rotatable bonds is 6. The number of carbonyl (C=O) groups excluding carboxylic acids is 1. The highest BCUT2D eigenvalue weighted by atomic mass is 32.2. The standard InChI is InChI=1S/C11H18N2O3S2/c1-8(2)4-3-5-13-11(14)9-6-10(17-7-9)18(12,15)16/h6-8H,3-5H2,1-2H3,(H,13,14)(H2,12,15,16). The molecule has 1 rings (SSSR count). The van der Waals surface area contributed by atoms with Crippen LogP contribution in [0, 0.1) is 5.92 Å². The van der Waals surface area contributed by atoms with Gasteiger partial charge in [0.1, 0.15) is 4.21 Å². The van der Waals surface area contributed by atoms with E-state index >= 15 is 0 Å². The van der Waals surface area contributed by atoms with E-state index in [1.807, 2.05) is 0 Å². The van der Waals surface area contributed by atoms with Crippen LogP contribution in [0.4, 0.5) is 0 Å². The Kier molecular flexibility index (Phi) is 5.30. The lowest BCUT2D eigenvalue weighted by Gasteiger charge is -2.05. The Morgan fingerprint density at radius 3 is 2.67 bits per heavy atom. The van der Waals surface area contributed by atoms with E-state index in [-0.39, 0.29) is 10.1 Å². The third kappa shape index (κ3) is 4.75. The van der Waals surface area contributed by atoms with Crippen molar-refractivity contribution in [1.82, 2.24) is 5.32 Å². The predicted octanol–water partition coefficient (Wildman–Crippen LogP) is 1.56. The second-order valence-electron chi connectivity index (χ2n) is 4.49. The first-order valence-corrected chi connectivity index (χ1v) is 8.13. The van der Waals surface area contributed by atoms with Crippen LogP contribution in [0.25, 0.3) is 0 Å². The Balaban J connectivity index is 2.50. The molecule has 1 aromatic heterocycles. The zero-order valence-corrected chi connectivity index (χ0v) is 12.1. The van der Waals surface area contributed by atoms with E-state index in [0.29, 0.717) is 18.0 Å². The van der Waals surface area contributed by atoms with Crippen LogP contribution in [-0.4, -0.2) is 20.9 Å². The van der Waals surface area contributed by atoms with Gasteiger partial charge in [-0.05, 0) is 24.8 Å². The van der Waals surface area contributed by atoms with Gasteiger partial charge in [-0.2, -0.15) is 0 Å². The fourth-order valence-corrected chi connectivity index (χ4v) is 2.98. The summed E-state index contributed by atoms with van der Waals surface area (Å²) in [7, 11) is -3.71. The van der Waals surface area contributed by atoms with Gasteiger partial charge in [0.05, 0.1) is 5.56 Å². The molecule has 0 saturated heterocycles. The van der Waals surface area contributed by atoms with Gasteiger partial charge >= 0.3 is 0 Å². The average Bonchev–Trinajstić information content (AvgIpc) is 2.72. The van der Waals surface area contributed by atoms with Crippen molar-refractivity contribution >= 4 is 27.3 Å². The molecule has 3 N–H and O–H groups in total. The first-order valence-electron chi connectivity index (χ1n) is 5.70. The largest absolute Gasteiger partial charge is 0.352 e. The van der Waals surface area contributed by atoms with Crippen LogP contribution >= 0.6 is 11.3 Å². The Labute approximate surface area is 111 Å². The molecule has 18 heavy (non-hydrogen) atoms. The summed E-state index contributed by atoms with van der Waals surface area (Å²) >= 11 is 0.955. The van der Waals surface area contributed by atoms with E-state index in [1.54, 1.807) is 0 Å². The highest BCUT2D eigenvalue weighted by Gasteiger charge is 2.14. The summed E-state index contributed by atoms with van der Waals surface area (Å²) in [6.45, 7) is 4.84. The Hall–Kier alpha value is -0.920. The van der Waals surface area contributed by atoms with Crippen LogP contribution < -0.4 is 10.5 Å². The zero-order valence-electron chi connectivity index (χ0n) is 10.5. The van der Waals surface area contributed by atoms with Gasteiger partial charge < -0.3 is 5.32 Å². The van der Waals surface area contributed by atoms with Crippen molar-refractivity contribution in [2.75, 3.05) is 6.54 Å². The molecule has 0 aliphatic carbocycles. The normalized spacial score (nSPS) is 11.8. The molecular weight excluding hydrogens is 272 g/mol. The van der Waals surface area contributed by atoms with Crippen LogP contribution in [0.1, 0.15) is 37.0 Å². The fourth-order valence-electron chi connectivity index (χ4n) is 1.40. The number of thiophene rings is 1. The van der Waals surface area contributed by atoms with Crippen molar-refractivity contribution in [3.05, 3.63) is 17.0 Å². The van der Waals surface area contributed by atoms with Gasteiger partial charge in [0, 0.05) is 11.9 Å². The molecule has 0 spiro atoms. The zero-order chi connectivity index (χ0) is 13.8. The molecule has 0 radical (unpaired) electrons. The minimum atomic E-state index is -3.71. The quantitative estimate of drug-likeness (QED) is 0.779. The van der Waals surface area contributed by atoms with Crippen molar-refractivity contribution < 1.29 is 13.2 Å². The summed E-state index contributed by atoms with van der Waals surface area (Å²) in [5.74, 6) is 0.349. The number of nitrogens with one attached hydrogen (secondary N) is 1. The molecule has 0 bridgehead atoms. The van der Waals surface area contributed by atoms with Crippen molar-refractivity contribution in [2.24, 2.45) is 11.1 Å². The maximum Gasteiger partial charge on any atom is 0.252 e. The van der Waals surface area contributed by atoms with Crippen molar-refractivity contribution in [2.45, 2.75) is 30.9 Å². The molecular formula is C11H18N2O3S2. The van der Waals surface area contributed by atoms with E-state index in [9.17, 15) is 13.2 Å². The smallest absolute Gasteiger partial charge is 0.252 e. The molecule has 0 aliphatic heterocycles. The lowest BCUT2D eigenvalue weighted by Crippen LogP contribution is -2.24. The summed E-state index contributed by atoms with van der Waals surface area (Å²) in [6, 6.07) is 1.30. The number of hydrogen-bond acceptors (Lipinski definition) is 4. The van der Waals surface area contributed by atoms with Crippen LogP contribution in [0.15, 0.2) is 15.7 Å². The third-order valence-electron chi connectivity index (χ3n) is 2.36. The number of amides is 1. The minimum absolute atomic E-state index is 0.00910. The van der Waals surface area contributed by atoms with Gasteiger partial charge in [0.25, 0.3) is 5.91 Å². The minimum Gasteiger partial charge on any atom is -0.352 e. The first-order chi connectivity index (χ1) is 8.30. The maximum atomic E-state index is 11.7. The van der Waals surface area contributed by atoms with Crippen molar-refractivity contribution in [1.29, 1.82) is 0 Å². The molecule has 0 unspecified atom stereocenters. The second-order valence-corrected chi connectivity index (χ2v) is 7.19. The highest BCUT2D eigenvalue weighted by molar-refractivity contribution is 7.91. The molecule has 0 atom stereocenters. The van der Waals surface area contributed by atoms with E-state index in [4.69, 9.17) is 5.14 Å². The van der Waals surface area contributed by atoms with Crippen LogP contribution in [-0.2, 0) is 10.0 Å². The van der Waals surface area contributed by atoms with Crippen LogP contribution in [0.2, 0.25) is 0 Å². The molecule has 0 fully saturated rings. The summed E-state index contributed by atoms with van der Waals surface area (Å²) in [4.78, 5) is 11.7. The van der Waals surface area contributed by atoms with E-state index in [1.165, 1.54) is 11.4 Å². The molecule has 0 aromatic carbocycles. The topological polar surface area (TPSA) is 89.3 Å². The van der Waals surface area contributed by atoms with Gasteiger partial charge in [-0.3, -0.25) is 4.79 Å². The number of primary sulfonamides is 1. The van der Waals surface area contributed by atoms with E-state index < -0.39 is 10.0 Å². The van der Waals surface area contributed by atoms with Gasteiger partial charge in [0.2, 0.25) is 10.0 Å². The fraction of sp³-hybridized carbons (Fsp3) is 0.545. The molecule has 1 aromatic rings. The molecule has 102 valence electrons. The monoisotopic (exact) mass is 290 g/mol. The maximum absolute atomic E-state index is 11.7. The summed E-state index contributed by atoms with van der Waals surface area (Å²) in [5.41, 5.74) is 0.341. The summed E-state index contributed by atoms with van der Waals surface area (Å²) < 4.78 is 22.1. The van der Waals surface area contributed by atoms with Crippen LogP contribution in [0.5, 0.6) is 0 Å². The average molecular weight is 290 g/mol. The third-order valence-corrected chi connectivity index (χ3v) is 4.75. The van der Waals surface area contributed by atoms with Crippen molar-refractivity contribution in [3.63, 3.8) is 0 Å². The Bertz CT molecular complexity index is 506. The predicted molar refractivity (Wildman–Crippen MR) is 72.1 cm³/mol. The van der Waals surface area contributed by atoms with Gasteiger partial charge in [-0.15, -0.1) is 11.3 Å².